The van der Waals surface area contributed by atoms with Gasteiger partial charge in [-0.25, -0.2) is 18.7 Å². The molecule has 1 aliphatic rings. The lowest BCUT2D eigenvalue weighted by Gasteiger charge is -2.18. The zero-order chi connectivity index (χ0) is 23.2. The molecule has 3 aromatic rings. The van der Waals surface area contributed by atoms with Crippen molar-refractivity contribution in [2.45, 2.75) is 17.7 Å². The summed E-state index contributed by atoms with van der Waals surface area (Å²) in [7, 11) is 0. The Morgan fingerprint density at radius 2 is 1.79 bits per heavy atom. The molecule has 1 aromatic heterocycles. The summed E-state index contributed by atoms with van der Waals surface area (Å²) in [5.41, 5.74) is 0.776. The average Bonchev–Trinajstić information content (AvgIpc) is 2.99. The molecule has 0 saturated carbocycles. The van der Waals surface area contributed by atoms with Crippen LogP contribution in [0, 0.1) is 11.6 Å². The third-order valence-corrected chi connectivity index (χ3v) is 6.16. The fraction of sp³-hybridized carbons (Fsp3) is 0.217. The Kier molecular flexibility index (Phi) is 7.13. The standard InChI is InChI=1S/C23H20F2N4O3S/c24-15-10-16(25)12-19(11-15)32-18-4-2-14(3-5-18)20-22(30)29-17(6-9-33-20)13-28-23(31)21-26-7-1-8-27-21/h1-5,7-8,10-12,17,20H,6,9,13H2,(H,28,31)(H,29,30)/t17-,20+/m0/s1. The molecule has 0 unspecified atom stereocenters. The summed E-state index contributed by atoms with van der Waals surface area (Å²) in [6.45, 7) is 0.271. The van der Waals surface area contributed by atoms with Gasteiger partial charge in [-0.3, -0.25) is 9.59 Å². The van der Waals surface area contributed by atoms with Gasteiger partial charge in [-0.2, -0.15) is 0 Å². The summed E-state index contributed by atoms with van der Waals surface area (Å²) >= 11 is 1.50. The number of rotatable bonds is 6. The number of ether oxygens (including phenoxy) is 1. The topological polar surface area (TPSA) is 93.2 Å². The van der Waals surface area contributed by atoms with Crippen molar-refractivity contribution in [1.29, 1.82) is 0 Å². The van der Waals surface area contributed by atoms with Crippen LogP contribution in [-0.2, 0) is 4.79 Å². The average molecular weight is 471 g/mol. The summed E-state index contributed by atoms with van der Waals surface area (Å²) < 4.78 is 32.2. The maximum Gasteiger partial charge on any atom is 0.289 e. The van der Waals surface area contributed by atoms with Crippen LogP contribution in [0.4, 0.5) is 8.78 Å². The maximum absolute atomic E-state index is 13.3. The van der Waals surface area contributed by atoms with Crippen LogP contribution in [0.15, 0.2) is 60.9 Å². The van der Waals surface area contributed by atoms with Gasteiger partial charge in [0.25, 0.3) is 5.91 Å². The van der Waals surface area contributed by atoms with Gasteiger partial charge in [0.1, 0.15) is 28.4 Å². The van der Waals surface area contributed by atoms with Gasteiger partial charge in [-0.15, -0.1) is 11.8 Å². The van der Waals surface area contributed by atoms with Gasteiger partial charge in [0.05, 0.1) is 0 Å². The number of amides is 2. The highest BCUT2D eigenvalue weighted by Crippen LogP contribution is 2.33. The minimum atomic E-state index is -0.727. The van der Waals surface area contributed by atoms with E-state index < -0.39 is 22.8 Å². The fourth-order valence-electron chi connectivity index (χ4n) is 3.30. The van der Waals surface area contributed by atoms with E-state index in [4.69, 9.17) is 4.74 Å². The highest BCUT2D eigenvalue weighted by atomic mass is 32.2. The van der Waals surface area contributed by atoms with E-state index in [2.05, 4.69) is 20.6 Å². The summed E-state index contributed by atoms with van der Waals surface area (Å²) in [6.07, 6.45) is 3.67. The number of hydrogen-bond acceptors (Lipinski definition) is 6. The molecule has 1 saturated heterocycles. The number of hydrogen-bond donors (Lipinski definition) is 2. The molecular formula is C23H20F2N4O3S. The second-order valence-electron chi connectivity index (χ2n) is 7.30. The molecule has 2 N–H and O–H groups in total. The van der Waals surface area contributed by atoms with Crippen LogP contribution in [0.25, 0.3) is 0 Å². The minimum Gasteiger partial charge on any atom is -0.457 e. The summed E-state index contributed by atoms with van der Waals surface area (Å²) in [4.78, 5) is 32.8. The first-order valence-corrected chi connectivity index (χ1v) is 11.2. The summed E-state index contributed by atoms with van der Waals surface area (Å²) in [5.74, 6) is -0.773. The van der Waals surface area contributed by atoms with E-state index in [1.54, 1.807) is 30.3 Å². The van der Waals surface area contributed by atoms with E-state index in [-0.39, 0.29) is 30.1 Å². The first-order valence-electron chi connectivity index (χ1n) is 10.2. The van der Waals surface area contributed by atoms with E-state index in [1.165, 1.54) is 24.2 Å². The highest BCUT2D eigenvalue weighted by molar-refractivity contribution is 8.00. The van der Waals surface area contributed by atoms with Crippen molar-refractivity contribution in [3.05, 3.63) is 83.9 Å². The lowest BCUT2D eigenvalue weighted by molar-refractivity contribution is -0.121. The molecule has 0 bridgehead atoms. The number of nitrogens with one attached hydrogen (secondary N) is 2. The van der Waals surface area contributed by atoms with E-state index in [1.807, 2.05) is 0 Å². The number of carbonyl (C=O) groups is 2. The normalized spacial score (nSPS) is 18.2. The predicted molar refractivity (Wildman–Crippen MR) is 119 cm³/mol. The van der Waals surface area contributed by atoms with Crippen LogP contribution in [0.2, 0.25) is 0 Å². The van der Waals surface area contributed by atoms with E-state index >= 15 is 0 Å². The van der Waals surface area contributed by atoms with Crippen LogP contribution < -0.4 is 15.4 Å². The molecular weight excluding hydrogens is 450 g/mol. The molecule has 0 radical (unpaired) electrons. The van der Waals surface area contributed by atoms with Crippen LogP contribution in [0.1, 0.15) is 27.9 Å². The lowest BCUT2D eigenvalue weighted by Crippen LogP contribution is -2.44. The van der Waals surface area contributed by atoms with E-state index in [0.29, 0.717) is 17.9 Å². The smallest absolute Gasteiger partial charge is 0.289 e. The molecule has 0 spiro atoms. The Balaban J connectivity index is 1.35. The number of benzene rings is 2. The summed E-state index contributed by atoms with van der Waals surface area (Å²) in [5, 5.41) is 5.30. The highest BCUT2D eigenvalue weighted by Gasteiger charge is 2.27. The zero-order valence-corrected chi connectivity index (χ0v) is 18.1. The number of aromatic nitrogens is 2. The molecule has 2 heterocycles. The Morgan fingerprint density at radius 1 is 1.09 bits per heavy atom. The molecule has 2 atom stereocenters. The summed E-state index contributed by atoms with van der Waals surface area (Å²) in [6, 6.07) is 11.2. The van der Waals surface area contributed by atoms with Crippen molar-refractivity contribution in [2.75, 3.05) is 12.3 Å². The van der Waals surface area contributed by atoms with Crippen LogP contribution in [0.3, 0.4) is 0 Å². The van der Waals surface area contributed by atoms with Crippen molar-refractivity contribution in [3.8, 4) is 11.5 Å². The third kappa shape index (κ3) is 6.04. The van der Waals surface area contributed by atoms with Crippen LogP contribution in [0.5, 0.6) is 11.5 Å². The molecule has 0 aliphatic carbocycles. The second kappa shape index (κ2) is 10.4. The predicted octanol–water partition coefficient (Wildman–Crippen LogP) is 3.64. The van der Waals surface area contributed by atoms with Crippen LogP contribution in [-0.4, -0.2) is 40.1 Å². The Bertz CT molecular complexity index is 1110. The maximum atomic E-state index is 13.3. The van der Waals surface area contributed by atoms with Gasteiger partial charge in [0, 0.05) is 43.2 Å². The van der Waals surface area contributed by atoms with Gasteiger partial charge in [-0.1, -0.05) is 12.1 Å². The van der Waals surface area contributed by atoms with Gasteiger partial charge in [0.15, 0.2) is 0 Å². The number of halogens is 2. The van der Waals surface area contributed by atoms with Gasteiger partial charge < -0.3 is 15.4 Å². The molecule has 1 fully saturated rings. The molecule has 1 aliphatic heterocycles. The molecule has 7 nitrogen and oxygen atoms in total. The van der Waals surface area contributed by atoms with Gasteiger partial charge in [-0.05, 0) is 35.9 Å². The van der Waals surface area contributed by atoms with Crippen LogP contribution >= 0.6 is 11.8 Å². The first kappa shape index (κ1) is 22.7. The van der Waals surface area contributed by atoms with Crippen molar-refractivity contribution in [3.63, 3.8) is 0 Å². The van der Waals surface area contributed by atoms with Gasteiger partial charge >= 0.3 is 0 Å². The Morgan fingerprint density at radius 3 is 2.48 bits per heavy atom. The van der Waals surface area contributed by atoms with E-state index in [9.17, 15) is 18.4 Å². The molecule has 170 valence electrons. The first-order chi connectivity index (χ1) is 16.0. The number of nitrogens with zero attached hydrogens (tertiary/aromatic N) is 2. The third-order valence-electron chi connectivity index (χ3n) is 4.87. The Labute approximate surface area is 193 Å². The second-order valence-corrected chi connectivity index (χ2v) is 8.52. The monoisotopic (exact) mass is 470 g/mol. The molecule has 2 aromatic carbocycles. The molecule has 33 heavy (non-hydrogen) atoms. The Hall–Kier alpha value is -3.53. The molecule has 2 amide bonds. The van der Waals surface area contributed by atoms with Crippen molar-refractivity contribution >= 4 is 23.6 Å². The minimum absolute atomic E-state index is 0.0487. The number of carbonyl (C=O) groups excluding carboxylic acids is 2. The molecule has 10 heteroatoms. The number of thioether (sulfide) groups is 1. The van der Waals surface area contributed by atoms with Gasteiger partial charge in [0.2, 0.25) is 11.7 Å². The largest absolute Gasteiger partial charge is 0.457 e. The lowest BCUT2D eigenvalue weighted by atomic mass is 10.1. The quantitative estimate of drug-likeness (QED) is 0.572. The van der Waals surface area contributed by atoms with Crippen molar-refractivity contribution in [1.82, 2.24) is 20.6 Å². The van der Waals surface area contributed by atoms with Crippen molar-refractivity contribution in [2.24, 2.45) is 0 Å². The van der Waals surface area contributed by atoms with E-state index in [0.717, 1.165) is 23.8 Å². The fourth-order valence-corrected chi connectivity index (χ4v) is 4.52. The SMILES string of the molecule is O=C(NC[C@@H]1CCS[C@H](c2ccc(Oc3cc(F)cc(F)c3)cc2)C(=O)N1)c1ncccn1. The zero-order valence-electron chi connectivity index (χ0n) is 17.3. The molecule has 4 rings (SSSR count). The van der Waals surface area contributed by atoms with Crippen molar-refractivity contribution < 1.29 is 23.1 Å².